The third-order valence-corrected chi connectivity index (χ3v) is 3.93. The number of amides is 1. The van der Waals surface area contributed by atoms with E-state index in [0.29, 0.717) is 41.7 Å². The van der Waals surface area contributed by atoms with E-state index < -0.39 is 4.92 Å². The van der Waals surface area contributed by atoms with Gasteiger partial charge >= 0.3 is 5.69 Å². The Morgan fingerprint density at radius 2 is 1.77 bits per heavy atom. The molecule has 1 amide bonds. The maximum atomic E-state index is 12.0. The highest BCUT2D eigenvalue weighted by molar-refractivity contribution is 5.95. The number of fused-ring (bicyclic) bond motifs is 1. The minimum atomic E-state index is -0.445. The molecule has 26 heavy (non-hydrogen) atoms. The number of carbonyl (C=O) groups excluding carboxylic acids is 1. The smallest absolute Gasteiger partial charge is 0.311 e. The van der Waals surface area contributed by atoms with Crippen molar-refractivity contribution in [3.05, 3.63) is 76.5 Å². The summed E-state index contributed by atoms with van der Waals surface area (Å²) in [6.07, 6.45) is 1.90. The van der Waals surface area contributed by atoms with Crippen LogP contribution >= 0.6 is 0 Å². The minimum Gasteiger partial charge on any atom is -0.379 e. The molecule has 0 atom stereocenters. The number of rotatable bonds is 7. The van der Waals surface area contributed by atoms with Crippen molar-refractivity contribution < 1.29 is 9.72 Å². The van der Waals surface area contributed by atoms with E-state index in [1.165, 1.54) is 6.20 Å². The molecule has 1 heterocycles. The Morgan fingerprint density at radius 3 is 2.54 bits per heavy atom. The predicted octanol–water partition coefficient (Wildman–Crippen LogP) is 3.38. The lowest BCUT2D eigenvalue weighted by molar-refractivity contribution is -0.384. The Morgan fingerprint density at radius 1 is 1.04 bits per heavy atom. The first-order valence-electron chi connectivity index (χ1n) is 8.26. The Balaban J connectivity index is 1.60. The molecule has 7 nitrogen and oxygen atoms in total. The number of carbonyl (C=O) groups is 1. The molecule has 0 bridgehead atoms. The fourth-order valence-electron chi connectivity index (χ4n) is 2.65. The van der Waals surface area contributed by atoms with Gasteiger partial charge in [-0.3, -0.25) is 14.9 Å². The fraction of sp³-hybridized carbons (Fsp3) is 0.158. The van der Waals surface area contributed by atoms with Gasteiger partial charge in [-0.05, 0) is 24.6 Å². The third-order valence-electron chi connectivity index (χ3n) is 3.93. The molecule has 2 N–H and O–H groups in total. The summed E-state index contributed by atoms with van der Waals surface area (Å²) >= 11 is 0. The number of benzene rings is 2. The highest BCUT2D eigenvalue weighted by Gasteiger charge is 2.17. The Bertz CT molecular complexity index is 928. The van der Waals surface area contributed by atoms with Gasteiger partial charge in [0.2, 0.25) is 0 Å². The molecule has 0 aliphatic carbocycles. The maximum absolute atomic E-state index is 12.0. The van der Waals surface area contributed by atoms with E-state index in [1.807, 2.05) is 36.4 Å². The monoisotopic (exact) mass is 350 g/mol. The zero-order valence-corrected chi connectivity index (χ0v) is 14.0. The van der Waals surface area contributed by atoms with Crippen LogP contribution in [-0.4, -0.2) is 28.9 Å². The standard InChI is InChI=1S/C19H18N4O3/c24-19(14-7-2-1-3-8-14)21-12-6-11-20-18-15-9-4-5-10-16(15)22-13-17(18)23(25)26/h1-5,7-10,13H,6,11-12H2,(H,20,22)(H,21,24). The number of anilines is 1. The van der Waals surface area contributed by atoms with Crippen LogP contribution < -0.4 is 10.6 Å². The number of hydrogen-bond donors (Lipinski definition) is 2. The second-order valence-corrected chi connectivity index (χ2v) is 5.69. The van der Waals surface area contributed by atoms with Crippen LogP contribution in [0.3, 0.4) is 0 Å². The average Bonchev–Trinajstić information content (AvgIpc) is 2.68. The summed E-state index contributed by atoms with van der Waals surface area (Å²) in [6.45, 7) is 0.960. The van der Waals surface area contributed by atoms with E-state index in [2.05, 4.69) is 15.6 Å². The second kappa shape index (κ2) is 8.06. The first-order valence-corrected chi connectivity index (χ1v) is 8.26. The van der Waals surface area contributed by atoms with Gasteiger partial charge < -0.3 is 10.6 Å². The molecule has 0 radical (unpaired) electrons. The molecular weight excluding hydrogens is 332 g/mol. The van der Waals surface area contributed by atoms with Gasteiger partial charge in [0, 0.05) is 24.0 Å². The summed E-state index contributed by atoms with van der Waals surface area (Å²) < 4.78 is 0. The van der Waals surface area contributed by atoms with E-state index >= 15 is 0 Å². The van der Waals surface area contributed by atoms with Crippen LogP contribution in [0.4, 0.5) is 11.4 Å². The van der Waals surface area contributed by atoms with E-state index in [9.17, 15) is 14.9 Å². The quantitative estimate of drug-likeness (QED) is 0.387. The number of pyridine rings is 1. The molecule has 7 heteroatoms. The maximum Gasteiger partial charge on any atom is 0.311 e. The van der Waals surface area contributed by atoms with E-state index in [0.717, 1.165) is 0 Å². The molecule has 3 aromatic rings. The normalized spacial score (nSPS) is 10.5. The summed E-state index contributed by atoms with van der Waals surface area (Å²) in [6, 6.07) is 16.2. The lowest BCUT2D eigenvalue weighted by Crippen LogP contribution is -2.25. The summed E-state index contributed by atoms with van der Waals surface area (Å²) in [4.78, 5) is 26.9. The third kappa shape index (κ3) is 3.94. The number of para-hydroxylation sites is 1. The first-order chi connectivity index (χ1) is 12.7. The van der Waals surface area contributed by atoms with Gasteiger partial charge in [0.25, 0.3) is 5.91 Å². The number of nitrogens with one attached hydrogen (secondary N) is 2. The number of hydrogen-bond acceptors (Lipinski definition) is 5. The lowest BCUT2D eigenvalue weighted by atomic mass is 10.1. The summed E-state index contributed by atoms with van der Waals surface area (Å²) in [5, 5.41) is 17.9. The van der Waals surface area contributed by atoms with Crippen LogP contribution in [0.15, 0.2) is 60.8 Å². The van der Waals surface area contributed by atoms with E-state index in [4.69, 9.17) is 0 Å². The minimum absolute atomic E-state index is 0.0583. The molecule has 0 aliphatic heterocycles. The van der Waals surface area contributed by atoms with Gasteiger partial charge in [-0.1, -0.05) is 36.4 Å². The van der Waals surface area contributed by atoms with Gasteiger partial charge in [-0.15, -0.1) is 0 Å². The van der Waals surface area contributed by atoms with Crippen molar-refractivity contribution in [3.8, 4) is 0 Å². The van der Waals surface area contributed by atoms with Crippen molar-refractivity contribution in [1.82, 2.24) is 10.3 Å². The highest BCUT2D eigenvalue weighted by atomic mass is 16.6. The summed E-state index contributed by atoms with van der Waals surface area (Å²) in [7, 11) is 0. The molecule has 0 saturated heterocycles. The number of nitro groups is 1. The summed E-state index contributed by atoms with van der Waals surface area (Å²) in [5.74, 6) is -0.133. The largest absolute Gasteiger partial charge is 0.379 e. The van der Waals surface area contributed by atoms with Gasteiger partial charge in [0.1, 0.15) is 11.9 Å². The molecule has 132 valence electrons. The van der Waals surface area contributed by atoms with Crippen LogP contribution in [0.25, 0.3) is 10.9 Å². The van der Waals surface area contributed by atoms with E-state index in [-0.39, 0.29) is 11.6 Å². The average molecular weight is 350 g/mol. The van der Waals surface area contributed by atoms with Crippen LogP contribution in [0.1, 0.15) is 16.8 Å². The zero-order valence-electron chi connectivity index (χ0n) is 14.0. The summed E-state index contributed by atoms with van der Waals surface area (Å²) in [5.41, 5.74) is 1.70. The fourth-order valence-corrected chi connectivity index (χ4v) is 2.65. The Labute approximate surface area is 150 Å². The van der Waals surface area contributed by atoms with Crippen molar-refractivity contribution in [2.24, 2.45) is 0 Å². The van der Waals surface area contributed by atoms with Gasteiger partial charge in [0.05, 0.1) is 10.4 Å². The van der Waals surface area contributed by atoms with Crippen LogP contribution in [0.2, 0.25) is 0 Å². The molecule has 3 rings (SSSR count). The second-order valence-electron chi connectivity index (χ2n) is 5.69. The molecule has 0 aliphatic rings. The van der Waals surface area contributed by atoms with Crippen molar-refractivity contribution in [3.63, 3.8) is 0 Å². The van der Waals surface area contributed by atoms with Crippen LogP contribution in [0.5, 0.6) is 0 Å². The van der Waals surface area contributed by atoms with Crippen molar-refractivity contribution in [2.45, 2.75) is 6.42 Å². The Kier molecular flexibility index (Phi) is 5.38. The first kappa shape index (κ1) is 17.3. The van der Waals surface area contributed by atoms with Gasteiger partial charge in [-0.25, -0.2) is 4.98 Å². The number of nitrogens with zero attached hydrogens (tertiary/aromatic N) is 2. The molecule has 0 saturated carbocycles. The SMILES string of the molecule is O=C(NCCCNc1c([N+](=O)[O-])cnc2ccccc12)c1ccccc1. The van der Waals surface area contributed by atoms with Gasteiger partial charge in [0.15, 0.2) is 0 Å². The lowest BCUT2D eigenvalue weighted by Gasteiger charge is -2.10. The Hall–Kier alpha value is -3.48. The number of aromatic nitrogens is 1. The molecule has 0 unspecified atom stereocenters. The van der Waals surface area contributed by atoms with Gasteiger partial charge in [-0.2, -0.15) is 0 Å². The van der Waals surface area contributed by atoms with Crippen LogP contribution in [0, 0.1) is 10.1 Å². The van der Waals surface area contributed by atoms with Crippen molar-refractivity contribution in [1.29, 1.82) is 0 Å². The van der Waals surface area contributed by atoms with Crippen LogP contribution in [-0.2, 0) is 0 Å². The molecule has 0 fully saturated rings. The van der Waals surface area contributed by atoms with Crippen molar-refractivity contribution >= 4 is 28.2 Å². The molecule has 1 aromatic heterocycles. The molecular formula is C19H18N4O3. The predicted molar refractivity (Wildman–Crippen MR) is 100 cm³/mol. The highest BCUT2D eigenvalue weighted by Crippen LogP contribution is 2.31. The van der Waals surface area contributed by atoms with E-state index in [1.54, 1.807) is 18.2 Å². The topological polar surface area (TPSA) is 97.2 Å². The zero-order chi connectivity index (χ0) is 18.4. The molecule has 0 spiro atoms. The van der Waals surface area contributed by atoms with Crippen molar-refractivity contribution in [2.75, 3.05) is 18.4 Å². The molecule has 2 aromatic carbocycles.